The molecule has 0 spiro atoms. The quantitative estimate of drug-likeness (QED) is 0.440. The summed E-state index contributed by atoms with van der Waals surface area (Å²) in [7, 11) is 0. The molecular formula is C17H30F3N5O. The molecule has 1 aliphatic heterocycles. The van der Waals surface area contributed by atoms with E-state index in [2.05, 4.69) is 26.5 Å². The van der Waals surface area contributed by atoms with Crippen LogP contribution in [-0.2, 0) is 4.79 Å². The molecule has 150 valence electrons. The number of rotatable bonds is 2. The fourth-order valence-corrected chi connectivity index (χ4v) is 3.28. The largest absolute Gasteiger partial charge is 0.391 e. The van der Waals surface area contributed by atoms with Gasteiger partial charge in [-0.3, -0.25) is 15.5 Å². The maximum absolute atomic E-state index is 12.8. The Morgan fingerprint density at radius 1 is 1.08 bits per heavy atom. The molecule has 2 atom stereocenters. The molecule has 9 heteroatoms. The van der Waals surface area contributed by atoms with Gasteiger partial charge >= 0.3 is 6.18 Å². The lowest BCUT2D eigenvalue weighted by Gasteiger charge is -2.30. The van der Waals surface area contributed by atoms with Crippen LogP contribution in [-0.4, -0.2) is 35.8 Å². The number of carbonyl (C=O) groups excluding carboxylic acids is 1. The van der Waals surface area contributed by atoms with Crippen LogP contribution < -0.4 is 21.5 Å². The van der Waals surface area contributed by atoms with Crippen LogP contribution in [0.2, 0.25) is 0 Å². The fraction of sp³-hybridized carbons (Fsp3) is 0.882. The SMILES string of the molecule is CC1CC(/N=C(/NC(=O)C2CCC(C(F)(F)F)CC2)NC(C)(C)C)NN1. The van der Waals surface area contributed by atoms with Crippen molar-refractivity contribution in [2.45, 2.75) is 83.7 Å². The van der Waals surface area contributed by atoms with E-state index in [1.807, 2.05) is 27.7 Å². The fourth-order valence-electron chi connectivity index (χ4n) is 3.28. The average molecular weight is 377 g/mol. The van der Waals surface area contributed by atoms with Crippen LogP contribution in [0.25, 0.3) is 0 Å². The summed E-state index contributed by atoms with van der Waals surface area (Å²) in [6.07, 6.45) is -3.05. The van der Waals surface area contributed by atoms with Crippen LogP contribution in [0.4, 0.5) is 13.2 Å². The molecule has 2 aliphatic rings. The van der Waals surface area contributed by atoms with Crippen LogP contribution in [0.15, 0.2) is 4.99 Å². The highest BCUT2D eigenvalue weighted by atomic mass is 19.4. The van der Waals surface area contributed by atoms with Crippen molar-refractivity contribution >= 4 is 11.9 Å². The number of halogens is 3. The Kier molecular flexibility index (Phi) is 6.55. The summed E-state index contributed by atoms with van der Waals surface area (Å²) in [5.74, 6) is -1.61. The number of hydrogen-bond donors (Lipinski definition) is 4. The number of nitrogens with zero attached hydrogens (tertiary/aromatic N) is 1. The molecule has 2 rings (SSSR count). The molecule has 2 unspecified atom stereocenters. The molecule has 4 N–H and O–H groups in total. The summed E-state index contributed by atoms with van der Waals surface area (Å²) in [5.41, 5.74) is 5.81. The third-order valence-electron chi connectivity index (χ3n) is 4.65. The lowest BCUT2D eigenvalue weighted by Crippen LogP contribution is -2.52. The van der Waals surface area contributed by atoms with Crippen molar-refractivity contribution in [1.29, 1.82) is 0 Å². The van der Waals surface area contributed by atoms with E-state index in [0.717, 1.165) is 6.42 Å². The first kappa shape index (κ1) is 21.0. The van der Waals surface area contributed by atoms with Crippen LogP contribution in [0.1, 0.15) is 59.8 Å². The number of aliphatic imine (C=N–C) groups is 1. The van der Waals surface area contributed by atoms with Gasteiger partial charge in [0.1, 0.15) is 6.17 Å². The van der Waals surface area contributed by atoms with Gasteiger partial charge in [0.25, 0.3) is 0 Å². The Labute approximate surface area is 152 Å². The van der Waals surface area contributed by atoms with E-state index in [-0.39, 0.29) is 49.3 Å². The van der Waals surface area contributed by atoms with Crippen molar-refractivity contribution in [3.63, 3.8) is 0 Å². The molecule has 26 heavy (non-hydrogen) atoms. The number of carbonyl (C=O) groups is 1. The number of nitrogens with one attached hydrogen (secondary N) is 4. The van der Waals surface area contributed by atoms with Crippen LogP contribution in [0.3, 0.4) is 0 Å². The third kappa shape index (κ3) is 6.42. The Morgan fingerprint density at radius 2 is 1.69 bits per heavy atom. The van der Waals surface area contributed by atoms with Crippen molar-refractivity contribution in [2.24, 2.45) is 16.8 Å². The van der Waals surface area contributed by atoms with Gasteiger partial charge in [0, 0.05) is 23.9 Å². The first-order valence-electron chi connectivity index (χ1n) is 9.18. The van der Waals surface area contributed by atoms with Crippen LogP contribution in [0.5, 0.6) is 0 Å². The maximum Gasteiger partial charge on any atom is 0.391 e. The molecule has 1 amide bonds. The lowest BCUT2D eigenvalue weighted by molar-refractivity contribution is -0.184. The Morgan fingerprint density at radius 3 is 2.15 bits per heavy atom. The lowest BCUT2D eigenvalue weighted by atomic mass is 9.81. The Balaban J connectivity index is 1.97. The molecule has 1 saturated heterocycles. The van der Waals surface area contributed by atoms with E-state index in [1.165, 1.54) is 0 Å². The smallest absolute Gasteiger partial charge is 0.351 e. The second kappa shape index (κ2) is 8.12. The number of alkyl halides is 3. The minimum atomic E-state index is -4.17. The van der Waals surface area contributed by atoms with Gasteiger partial charge in [0.2, 0.25) is 5.91 Å². The first-order chi connectivity index (χ1) is 11.9. The molecule has 0 aromatic rings. The second-order valence-corrected chi connectivity index (χ2v) is 8.37. The normalized spacial score (nSPS) is 31.0. The van der Waals surface area contributed by atoms with Crippen molar-refractivity contribution < 1.29 is 18.0 Å². The second-order valence-electron chi connectivity index (χ2n) is 8.37. The van der Waals surface area contributed by atoms with Crippen LogP contribution in [0, 0.1) is 11.8 Å². The van der Waals surface area contributed by atoms with Crippen molar-refractivity contribution in [1.82, 2.24) is 21.5 Å². The van der Waals surface area contributed by atoms with Gasteiger partial charge in [-0.1, -0.05) is 0 Å². The Hall–Kier alpha value is -1.35. The van der Waals surface area contributed by atoms with E-state index in [4.69, 9.17) is 0 Å². The zero-order chi connectivity index (χ0) is 19.5. The summed E-state index contributed by atoms with van der Waals surface area (Å²) in [6, 6.07) is 0.271. The van der Waals surface area contributed by atoms with Crippen molar-refractivity contribution in [3.8, 4) is 0 Å². The number of hydrazine groups is 1. The number of hydrogen-bond acceptors (Lipinski definition) is 4. The predicted molar refractivity (Wildman–Crippen MR) is 94.1 cm³/mol. The summed E-state index contributed by atoms with van der Waals surface area (Å²) in [6.45, 7) is 7.88. The summed E-state index contributed by atoms with van der Waals surface area (Å²) in [4.78, 5) is 17.1. The minimum Gasteiger partial charge on any atom is -0.351 e. The van der Waals surface area contributed by atoms with E-state index >= 15 is 0 Å². The van der Waals surface area contributed by atoms with Gasteiger partial charge in [-0.15, -0.1) is 0 Å². The molecule has 2 fully saturated rings. The van der Waals surface area contributed by atoms with Crippen LogP contribution >= 0.6 is 0 Å². The molecule has 0 bridgehead atoms. The third-order valence-corrected chi connectivity index (χ3v) is 4.65. The van der Waals surface area contributed by atoms with Gasteiger partial charge in [0.05, 0.1) is 5.92 Å². The average Bonchev–Trinajstić information content (AvgIpc) is 2.89. The standard InChI is InChI=1S/C17H30F3N5O/c1-10-9-13(25-24-10)21-15(23-16(2,3)4)22-14(26)11-5-7-12(8-6-11)17(18,19)20/h10-13,24-25H,5-9H2,1-4H3,(H2,21,22,23,26). The molecular weight excluding hydrogens is 347 g/mol. The van der Waals surface area contributed by atoms with Gasteiger partial charge in [-0.2, -0.15) is 13.2 Å². The first-order valence-corrected chi connectivity index (χ1v) is 9.18. The van der Waals surface area contributed by atoms with Crippen molar-refractivity contribution in [2.75, 3.05) is 0 Å². The minimum absolute atomic E-state index is 0.00633. The zero-order valence-electron chi connectivity index (χ0n) is 15.8. The highest BCUT2D eigenvalue weighted by Gasteiger charge is 2.42. The van der Waals surface area contributed by atoms with Crippen molar-refractivity contribution in [3.05, 3.63) is 0 Å². The molecule has 0 radical (unpaired) electrons. The molecule has 6 nitrogen and oxygen atoms in total. The van der Waals surface area contributed by atoms with E-state index in [9.17, 15) is 18.0 Å². The van der Waals surface area contributed by atoms with E-state index in [0.29, 0.717) is 5.96 Å². The predicted octanol–water partition coefficient (Wildman–Crippen LogP) is 2.43. The maximum atomic E-state index is 12.8. The molecule has 1 aliphatic carbocycles. The zero-order valence-corrected chi connectivity index (χ0v) is 15.8. The highest BCUT2D eigenvalue weighted by Crippen LogP contribution is 2.39. The number of amides is 1. The summed E-state index contributed by atoms with van der Waals surface area (Å²) in [5, 5.41) is 5.96. The number of guanidine groups is 1. The monoisotopic (exact) mass is 377 g/mol. The molecule has 1 heterocycles. The molecule has 0 aromatic heterocycles. The van der Waals surface area contributed by atoms with Gasteiger partial charge < -0.3 is 5.32 Å². The topological polar surface area (TPSA) is 77.5 Å². The van der Waals surface area contributed by atoms with Gasteiger partial charge in [-0.05, 0) is 53.4 Å². The molecule has 1 saturated carbocycles. The van der Waals surface area contributed by atoms with Gasteiger partial charge in [-0.25, -0.2) is 10.4 Å². The summed E-state index contributed by atoms with van der Waals surface area (Å²) >= 11 is 0. The van der Waals surface area contributed by atoms with E-state index in [1.54, 1.807) is 0 Å². The Bertz CT molecular complexity index is 521. The van der Waals surface area contributed by atoms with E-state index < -0.39 is 18.0 Å². The van der Waals surface area contributed by atoms with Gasteiger partial charge in [0.15, 0.2) is 5.96 Å². The molecule has 0 aromatic carbocycles. The highest BCUT2D eigenvalue weighted by molar-refractivity contribution is 5.98. The summed E-state index contributed by atoms with van der Waals surface area (Å²) < 4.78 is 38.3.